The molecule has 1 saturated heterocycles. The van der Waals surface area contributed by atoms with Gasteiger partial charge in [-0.3, -0.25) is 4.79 Å². The van der Waals surface area contributed by atoms with E-state index >= 15 is 0 Å². The maximum Gasteiger partial charge on any atom is 0.226 e. The van der Waals surface area contributed by atoms with Crippen LogP contribution in [0.1, 0.15) is 37.7 Å². The molecule has 4 atom stereocenters. The predicted octanol–water partition coefficient (Wildman–Crippen LogP) is 3.56. The molecule has 1 saturated carbocycles. The lowest BCUT2D eigenvalue weighted by atomic mass is 9.93. The molecular formula is C21H25NO2. The molecule has 2 fully saturated rings. The Hall–Kier alpha value is -1.87. The summed E-state index contributed by atoms with van der Waals surface area (Å²) in [5, 5.41) is 11.9. The van der Waals surface area contributed by atoms with E-state index in [0.717, 1.165) is 25.8 Å². The van der Waals surface area contributed by atoms with E-state index in [2.05, 4.69) is 49.4 Å². The minimum absolute atomic E-state index is 0.131. The lowest BCUT2D eigenvalue weighted by Gasteiger charge is -2.37. The minimum atomic E-state index is 0.131. The molecule has 126 valence electrons. The van der Waals surface area contributed by atoms with Gasteiger partial charge in [-0.05, 0) is 54.4 Å². The normalized spacial score (nSPS) is 29.7. The molecule has 0 spiro atoms. The number of benzene rings is 2. The van der Waals surface area contributed by atoms with Crippen LogP contribution in [0.4, 0.5) is 0 Å². The summed E-state index contributed by atoms with van der Waals surface area (Å²) in [5.41, 5.74) is 1.29. The molecule has 1 heterocycles. The number of rotatable bonds is 3. The van der Waals surface area contributed by atoms with Gasteiger partial charge >= 0.3 is 0 Å². The predicted molar refractivity (Wildman–Crippen MR) is 95.8 cm³/mol. The van der Waals surface area contributed by atoms with Crippen LogP contribution in [0.25, 0.3) is 10.8 Å². The van der Waals surface area contributed by atoms with Gasteiger partial charge in [0.25, 0.3) is 0 Å². The van der Waals surface area contributed by atoms with Crippen molar-refractivity contribution in [2.75, 3.05) is 13.2 Å². The van der Waals surface area contributed by atoms with Gasteiger partial charge in [0.05, 0.1) is 0 Å². The van der Waals surface area contributed by atoms with Crippen LogP contribution < -0.4 is 0 Å². The van der Waals surface area contributed by atoms with Crippen LogP contribution in [0.3, 0.4) is 0 Å². The molecular weight excluding hydrogens is 298 g/mol. The van der Waals surface area contributed by atoms with Crippen LogP contribution in [-0.2, 0) is 4.79 Å². The number of fused-ring (bicyclic) bond motifs is 1. The van der Waals surface area contributed by atoms with Gasteiger partial charge in [0, 0.05) is 25.1 Å². The smallest absolute Gasteiger partial charge is 0.226 e. The van der Waals surface area contributed by atoms with Gasteiger partial charge in [0.1, 0.15) is 0 Å². The summed E-state index contributed by atoms with van der Waals surface area (Å²) >= 11 is 0. The molecule has 1 N–H and O–H groups in total. The average molecular weight is 323 g/mol. The topological polar surface area (TPSA) is 40.5 Å². The molecule has 3 nitrogen and oxygen atoms in total. The quantitative estimate of drug-likeness (QED) is 0.938. The molecule has 0 aromatic heterocycles. The van der Waals surface area contributed by atoms with Crippen molar-refractivity contribution in [2.24, 2.45) is 11.8 Å². The Morgan fingerprint density at radius 3 is 2.75 bits per heavy atom. The number of nitrogens with zero attached hydrogens (tertiary/aromatic N) is 1. The number of carbonyl (C=O) groups is 1. The minimum Gasteiger partial charge on any atom is -0.396 e. The van der Waals surface area contributed by atoms with Crippen LogP contribution in [0.2, 0.25) is 0 Å². The van der Waals surface area contributed by atoms with Crippen LogP contribution in [0.15, 0.2) is 42.5 Å². The van der Waals surface area contributed by atoms with E-state index in [0.29, 0.717) is 17.9 Å². The first-order chi connectivity index (χ1) is 11.7. The van der Waals surface area contributed by atoms with E-state index in [-0.39, 0.29) is 18.4 Å². The Kier molecular flexibility index (Phi) is 4.05. The number of amides is 1. The lowest BCUT2D eigenvalue weighted by Crippen LogP contribution is -2.47. The summed E-state index contributed by atoms with van der Waals surface area (Å²) in [5.74, 6) is 1.04. The molecule has 4 unspecified atom stereocenters. The van der Waals surface area contributed by atoms with Crippen LogP contribution >= 0.6 is 0 Å². The highest BCUT2D eigenvalue weighted by molar-refractivity contribution is 5.86. The molecule has 2 aliphatic rings. The number of hydrogen-bond acceptors (Lipinski definition) is 2. The van der Waals surface area contributed by atoms with E-state index < -0.39 is 0 Å². The second-order valence-corrected chi connectivity index (χ2v) is 7.52. The average Bonchev–Trinajstić information content (AvgIpc) is 3.42. The van der Waals surface area contributed by atoms with E-state index in [1.54, 1.807) is 0 Å². The number of aliphatic hydroxyl groups excluding tert-OH is 1. The van der Waals surface area contributed by atoms with E-state index in [1.165, 1.54) is 16.3 Å². The zero-order chi connectivity index (χ0) is 16.7. The van der Waals surface area contributed by atoms with Crippen LogP contribution in [-0.4, -0.2) is 35.1 Å². The summed E-state index contributed by atoms with van der Waals surface area (Å²) in [6.07, 6.45) is 2.99. The standard InChI is InChI=1S/C21H25NO2/c1-14-6-7-15(13-23)12-22(14)21(24)20-11-19(20)18-9-8-16-4-2-3-5-17(16)10-18/h2-5,8-10,14-15,19-20,23H,6-7,11-13H2,1H3. The second kappa shape index (κ2) is 6.21. The number of likely N-dealkylation sites (tertiary alicyclic amines) is 1. The monoisotopic (exact) mass is 323 g/mol. The molecule has 1 aliphatic carbocycles. The third-order valence-electron chi connectivity index (χ3n) is 5.83. The molecule has 0 bridgehead atoms. The SMILES string of the molecule is CC1CCC(CO)CN1C(=O)C1CC1c1ccc2ccccc2c1. The maximum atomic E-state index is 12.9. The zero-order valence-corrected chi connectivity index (χ0v) is 14.2. The number of piperidine rings is 1. The van der Waals surface area contributed by atoms with Gasteiger partial charge in [0.2, 0.25) is 5.91 Å². The van der Waals surface area contributed by atoms with Gasteiger partial charge < -0.3 is 10.0 Å². The summed E-state index contributed by atoms with van der Waals surface area (Å²) < 4.78 is 0. The summed E-state index contributed by atoms with van der Waals surface area (Å²) in [6, 6.07) is 15.3. The first-order valence-corrected chi connectivity index (χ1v) is 9.07. The highest BCUT2D eigenvalue weighted by Gasteiger charge is 2.47. The fourth-order valence-corrected chi connectivity index (χ4v) is 4.13. The molecule has 0 radical (unpaired) electrons. The van der Waals surface area contributed by atoms with Crippen molar-refractivity contribution in [3.8, 4) is 0 Å². The van der Waals surface area contributed by atoms with Gasteiger partial charge in [-0.15, -0.1) is 0 Å². The second-order valence-electron chi connectivity index (χ2n) is 7.52. The van der Waals surface area contributed by atoms with Crippen molar-refractivity contribution in [3.05, 3.63) is 48.0 Å². The molecule has 2 aromatic carbocycles. The number of aliphatic hydroxyl groups is 1. The third kappa shape index (κ3) is 2.82. The van der Waals surface area contributed by atoms with Crippen molar-refractivity contribution in [2.45, 2.75) is 38.1 Å². The molecule has 3 heteroatoms. The highest BCUT2D eigenvalue weighted by Crippen LogP contribution is 2.49. The van der Waals surface area contributed by atoms with E-state index in [4.69, 9.17) is 0 Å². The zero-order valence-electron chi connectivity index (χ0n) is 14.2. The molecule has 1 aliphatic heterocycles. The van der Waals surface area contributed by atoms with Gasteiger partial charge in [-0.25, -0.2) is 0 Å². The van der Waals surface area contributed by atoms with Crippen molar-refractivity contribution < 1.29 is 9.90 Å². The van der Waals surface area contributed by atoms with Gasteiger partial charge in [0.15, 0.2) is 0 Å². The summed E-state index contributed by atoms with van der Waals surface area (Å²) in [6.45, 7) is 3.05. The van der Waals surface area contributed by atoms with Crippen molar-refractivity contribution in [1.82, 2.24) is 4.90 Å². The van der Waals surface area contributed by atoms with Gasteiger partial charge in [-0.1, -0.05) is 42.5 Å². The maximum absolute atomic E-state index is 12.9. The molecule has 1 amide bonds. The molecule has 4 rings (SSSR count). The van der Waals surface area contributed by atoms with Crippen LogP contribution in [0, 0.1) is 11.8 Å². The fourth-order valence-electron chi connectivity index (χ4n) is 4.13. The molecule has 2 aromatic rings. The van der Waals surface area contributed by atoms with Crippen molar-refractivity contribution >= 4 is 16.7 Å². The van der Waals surface area contributed by atoms with Gasteiger partial charge in [-0.2, -0.15) is 0 Å². The lowest BCUT2D eigenvalue weighted by molar-refractivity contribution is -0.137. The Morgan fingerprint density at radius 2 is 1.96 bits per heavy atom. The van der Waals surface area contributed by atoms with Crippen LogP contribution in [0.5, 0.6) is 0 Å². The Morgan fingerprint density at radius 1 is 1.17 bits per heavy atom. The third-order valence-corrected chi connectivity index (χ3v) is 5.83. The number of carbonyl (C=O) groups excluding carboxylic acids is 1. The highest BCUT2D eigenvalue weighted by atomic mass is 16.3. The first-order valence-electron chi connectivity index (χ1n) is 9.07. The fraction of sp³-hybridized carbons (Fsp3) is 0.476. The van der Waals surface area contributed by atoms with Crippen molar-refractivity contribution in [3.63, 3.8) is 0 Å². The van der Waals surface area contributed by atoms with E-state index in [1.807, 2.05) is 4.90 Å². The summed E-state index contributed by atoms with van der Waals surface area (Å²) in [7, 11) is 0. The number of hydrogen-bond donors (Lipinski definition) is 1. The molecule has 24 heavy (non-hydrogen) atoms. The Bertz CT molecular complexity index is 756. The van der Waals surface area contributed by atoms with Crippen molar-refractivity contribution in [1.29, 1.82) is 0 Å². The summed E-state index contributed by atoms with van der Waals surface area (Å²) in [4.78, 5) is 14.9. The largest absolute Gasteiger partial charge is 0.396 e. The Labute approximate surface area is 143 Å². The van der Waals surface area contributed by atoms with E-state index in [9.17, 15) is 9.90 Å². The Balaban J connectivity index is 1.49. The first kappa shape index (κ1) is 15.6.